The second kappa shape index (κ2) is 5.22. The van der Waals surface area contributed by atoms with Gasteiger partial charge in [-0.05, 0) is 32.9 Å². The number of halogens is 1. The van der Waals surface area contributed by atoms with E-state index in [1.54, 1.807) is 0 Å². The lowest BCUT2D eigenvalue weighted by atomic mass is 10.1. The number of carboxylic acid groups (broad SMARTS) is 1. The Labute approximate surface area is 110 Å². The number of hydrogen-bond donors (Lipinski definition) is 1. The van der Waals surface area contributed by atoms with E-state index in [4.69, 9.17) is 5.11 Å². The maximum absolute atomic E-state index is 13.6. The molecule has 0 aromatic carbocycles. The predicted molar refractivity (Wildman–Crippen MR) is 65.5 cm³/mol. The molecule has 0 aliphatic carbocycles. The summed E-state index contributed by atoms with van der Waals surface area (Å²) in [5.41, 5.74) is -1.01. The highest BCUT2D eigenvalue weighted by Crippen LogP contribution is 2.24. The van der Waals surface area contributed by atoms with Gasteiger partial charge in [0.15, 0.2) is 5.82 Å². The van der Waals surface area contributed by atoms with Gasteiger partial charge < -0.3 is 5.11 Å². The Morgan fingerprint density at radius 2 is 2.05 bits per heavy atom. The van der Waals surface area contributed by atoms with Gasteiger partial charge in [0, 0.05) is 11.7 Å². The number of pyridine rings is 1. The molecule has 0 atom stereocenters. The number of hydrogen-bond acceptors (Lipinski definition) is 4. The fraction of sp³-hybridized carbons (Fsp3) is 0.455. The second-order valence-corrected chi connectivity index (χ2v) is 6.64. The van der Waals surface area contributed by atoms with Gasteiger partial charge >= 0.3 is 5.97 Å². The van der Waals surface area contributed by atoms with Gasteiger partial charge in [-0.25, -0.2) is 17.8 Å². The minimum atomic E-state index is -4.32. The Balaban J connectivity index is 3.37. The molecule has 0 amide bonds. The van der Waals surface area contributed by atoms with Crippen molar-refractivity contribution in [3.63, 3.8) is 0 Å². The van der Waals surface area contributed by atoms with Crippen molar-refractivity contribution in [1.82, 2.24) is 9.29 Å². The summed E-state index contributed by atoms with van der Waals surface area (Å²) in [6.45, 7) is 3.80. The van der Waals surface area contributed by atoms with Gasteiger partial charge in [-0.3, -0.25) is 4.79 Å². The normalized spacial score (nSPS) is 12.7. The van der Waals surface area contributed by atoms with Crippen LogP contribution in [-0.2, 0) is 14.8 Å². The van der Waals surface area contributed by atoms with Gasteiger partial charge in [0.25, 0.3) is 10.0 Å². The van der Waals surface area contributed by atoms with E-state index in [0.29, 0.717) is 4.31 Å². The summed E-state index contributed by atoms with van der Waals surface area (Å²) < 4.78 is 38.8. The molecule has 19 heavy (non-hydrogen) atoms. The Hall–Kier alpha value is -1.54. The monoisotopic (exact) mass is 290 g/mol. The van der Waals surface area contributed by atoms with E-state index < -0.39 is 38.9 Å². The van der Waals surface area contributed by atoms with Crippen LogP contribution in [0.25, 0.3) is 0 Å². The number of carbonyl (C=O) groups is 1. The van der Waals surface area contributed by atoms with Crippen LogP contribution < -0.4 is 0 Å². The van der Waals surface area contributed by atoms with Crippen LogP contribution in [0.3, 0.4) is 0 Å². The van der Waals surface area contributed by atoms with Crippen LogP contribution in [0.1, 0.15) is 20.8 Å². The van der Waals surface area contributed by atoms with Crippen molar-refractivity contribution in [2.45, 2.75) is 31.3 Å². The summed E-state index contributed by atoms with van der Waals surface area (Å²) in [6.07, 6.45) is 1.14. The van der Waals surface area contributed by atoms with Crippen molar-refractivity contribution in [2.75, 3.05) is 6.54 Å². The Morgan fingerprint density at radius 1 is 1.47 bits per heavy atom. The average Bonchev–Trinajstić information content (AvgIpc) is 2.24. The van der Waals surface area contributed by atoms with Gasteiger partial charge in [-0.15, -0.1) is 0 Å². The van der Waals surface area contributed by atoms with Crippen molar-refractivity contribution >= 4 is 16.0 Å². The minimum absolute atomic E-state index is 0.702. The van der Waals surface area contributed by atoms with Gasteiger partial charge in [0.1, 0.15) is 6.54 Å². The Morgan fingerprint density at radius 3 is 2.47 bits per heavy atom. The van der Waals surface area contributed by atoms with Crippen LogP contribution >= 0.6 is 0 Å². The molecule has 1 rings (SSSR count). The molecule has 0 bridgehead atoms. The van der Waals surface area contributed by atoms with E-state index >= 15 is 0 Å². The SMILES string of the molecule is CC(C)(C)N(CC(=O)O)S(=O)(=O)c1ncccc1F. The standard InChI is InChI=1S/C11H15FN2O4S/c1-11(2,3)14(7-9(15)16)19(17,18)10-8(12)5-4-6-13-10/h4-6H,7H2,1-3H3,(H,15,16). The summed E-state index contributed by atoms with van der Waals surface area (Å²) in [5.74, 6) is -2.34. The molecule has 1 N–H and O–H groups in total. The molecule has 106 valence electrons. The third kappa shape index (κ3) is 3.48. The highest BCUT2D eigenvalue weighted by atomic mass is 32.2. The lowest BCUT2D eigenvalue weighted by molar-refractivity contribution is -0.138. The molecule has 0 saturated carbocycles. The third-order valence-corrected chi connectivity index (χ3v) is 4.33. The second-order valence-electron chi connectivity index (χ2n) is 4.87. The van der Waals surface area contributed by atoms with Crippen molar-refractivity contribution in [2.24, 2.45) is 0 Å². The molecule has 0 radical (unpaired) electrons. The molecule has 1 aromatic rings. The van der Waals surface area contributed by atoms with Gasteiger partial charge in [0.2, 0.25) is 5.03 Å². The summed E-state index contributed by atoms with van der Waals surface area (Å²) in [6, 6.07) is 2.22. The molecule has 1 aromatic heterocycles. The van der Waals surface area contributed by atoms with E-state index in [9.17, 15) is 17.6 Å². The third-order valence-electron chi connectivity index (χ3n) is 2.29. The lowest BCUT2D eigenvalue weighted by Gasteiger charge is -2.32. The summed E-state index contributed by atoms with van der Waals surface area (Å²) in [7, 11) is -4.32. The molecule has 8 heteroatoms. The summed E-state index contributed by atoms with van der Waals surface area (Å²) in [5, 5.41) is 8.03. The van der Waals surface area contributed by atoms with Gasteiger partial charge in [-0.1, -0.05) is 0 Å². The lowest BCUT2D eigenvalue weighted by Crippen LogP contribution is -2.48. The fourth-order valence-corrected chi connectivity index (χ4v) is 3.19. The van der Waals surface area contributed by atoms with Crippen molar-refractivity contribution in [3.05, 3.63) is 24.1 Å². The first-order chi connectivity index (χ1) is 8.56. The van der Waals surface area contributed by atoms with Crippen molar-refractivity contribution in [1.29, 1.82) is 0 Å². The highest BCUT2D eigenvalue weighted by Gasteiger charge is 2.37. The van der Waals surface area contributed by atoms with Crippen molar-refractivity contribution < 1.29 is 22.7 Å². The smallest absolute Gasteiger partial charge is 0.318 e. The molecule has 6 nitrogen and oxygen atoms in total. The molecular weight excluding hydrogens is 275 g/mol. The zero-order valence-electron chi connectivity index (χ0n) is 10.8. The van der Waals surface area contributed by atoms with E-state index in [1.807, 2.05) is 0 Å². The van der Waals surface area contributed by atoms with E-state index in [2.05, 4.69) is 4.98 Å². The quantitative estimate of drug-likeness (QED) is 0.897. The number of aromatic nitrogens is 1. The van der Waals surface area contributed by atoms with E-state index in [1.165, 1.54) is 26.8 Å². The zero-order chi connectivity index (χ0) is 14.8. The van der Waals surface area contributed by atoms with Crippen LogP contribution in [0.5, 0.6) is 0 Å². The number of aliphatic carboxylic acids is 1. The molecule has 0 aliphatic rings. The van der Waals surface area contributed by atoms with Crippen molar-refractivity contribution in [3.8, 4) is 0 Å². The molecule has 0 unspecified atom stereocenters. The summed E-state index contributed by atoms with van der Waals surface area (Å²) >= 11 is 0. The first-order valence-corrected chi connectivity index (χ1v) is 6.86. The summed E-state index contributed by atoms with van der Waals surface area (Å²) in [4.78, 5) is 14.3. The zero-order valence-corrected chi connectivity index (χ0v) is 11.6. The number of sulfonamides is 1. The minimum Gasteiger partial charge on any atom is -0.480 e. The van der Waals surface area contributed by atoms with Gasteiger partial charge in [0.05, 0.1) is 0 Å². The van der Waals surface area contributed by atoms with E-state index in [-0.39, 0.29) is 0 Å². The molecule has 0 aliphatic heterocycles. The predicted octanol–water partition coefficient (Wildman–Crippen LogP) is 1.09. The maximum atomic E-state index is 13.6. The maximum Gasteiger partial charge on any atom is 0.318 e. The van der Waals surface area contributed by atoms with Crippen LogP contribution in [0.4, 0.5) is 4.39 Å². The molecule has 0 fully saturated rings. The molecule has 1 heterocycles. The topological polar surface area (TPSA) is 87.6 Å². The van der Waals surface area contributed by atoms with Crippen LogP contribution in [0.15, 0.2) is 23.4 Å². The van der Waals surface area contributed by atoms with Crippen LogP contribution in [-0.4, -0.2) is 40.9 Å². The first-order valence-electron chi connectivity index (χ1n) is 5.42. The fourth-order valence-electron chi connectivity index (χ4n) is 1.47. The highest BCUT2D eigenvalue weighted by molar-refractivity contribution is 7.89. The Kier molecular flexibility index (Phi) is 4.26. The number of nitrogens with zero attached hydrogens (tertiary/aromatic N) is 2. The van der Waals surface area contributed by atoms with Gasteiger partial charge in [-0.2, -0.15) is 4.31 Å². The number of carboxylic acids is 1. The van der Waals surface area contributed by atoms with Crippen LogP contribution in [0, 0.1) is 5.82 Å². The van der Waals surface area contributed by atoms with E-state index in [0.717, 1.165) is 12.3 Å². The largest absolute Gasteiger partial charge is 0.480 e. The molecule has 0 saturated heterocycles. The molecule has 0 spiro atoms. The molecular formula is C11H15FN2O4S. The number of rotatable bonds is 4. The Bertz CT molecular complexity index is 581. The average molecular weight is 290 g/mol. The first kappa shape index (κ1) is 15.5. The van der Waals surface area contributed by atoms with Crippen LogP contribution in [0.2, 0.25) is 0 Å².